The SMILES string of the molecule is CCCC(C#N)N1CCN(C(C)C(=O)N(C)C)CC1. The summed E-state index contributed by atoms with van der Waals surface area (Å²) >= 11 is 0. The quantitative estimate of drug-likeness (QED) is 0.737. The van der Waals surface area contributed by atoms with E-state index in [1.54, 1.807) is 19.0 Å². The van der Waals surface area contributed by atoms with Gasteiger partial charge in [-0.3, -0.25) is 14.6 Å². The average Bonchev–Trinajstić information content (AvgIpc) is 2.43. The van der Waals surface area contributed by atoms with E-state index in [0.29, 0.717) is 0 Å². The van der Waals surface area contributed by atoms with E-state index >= 15 is 0 Å². The van der Waals surface area contributed by atoms with Crippen molar-refractivity contribution in [2.24, 2.45) is 0 Å². The van der Waals surface area contributed by atoms with E-state index < -0.39 is 0 Å². The van der Waals surface area contributed by atoms with Gasteiger partial charge in [0.15, 0.2) is 0 Å². The first-order chi connectivity index (χ1) is 9.01. The second-order valence-corrected chi connectivity index (χ2v) is 5.41. The van der Waals surface area contributed by atoms with E-state index in [-0.39, 0.29) is 18.0 Å². The van der Waals surface area contributed by atoms with Gasteiger partial charge in [-0.2, -0.15) is 5.26 Å². The molecule has 0 radical (unpaired) electrons. The van der Waals surface area contributed by atoms with Gasteiger partial charge in [0.1, 0.15) is 0 Å². The van der Waals surface area contributed by atoms with Crippen LogP contribution >= 0.6 is 0 Å². The van der Waals surface area contributed by atoms with Crippen LogP contribution in [-0.4, -0.2) is 73.0 Å². The third-order valence-electron chi connectivity index (χ3n) is 3.85. The molecule has 0 aliphatic carbocycles. The molecule has 19 heavy (non-hydrogen) atoms. The zero-order valence-electron chi connectivity index (χ0n) is 12.6. The van der Waals surface area contributed by atoms with Gasteiger partial charge in [-0.25, -0.2) is 0 Å². The van der Waals surface area contributed by atoms with Crippen molar-refractivity contribution in [2.45, 2.75) is 38.8 Å². The summed E-state index contributed by atoms with van der Waals surface area (Å²) in [5, 5.41) is 9.18. The summed E-state index contributed by atoms with van der Waals surface area (Å²) in [4.78, 5) is 18.0. The molecule has 5 heteroatoms. The van der Waals surface area contributed by atoms with Gasteiger partial charge in [0, 0.05) is 40.3 Å². The molecule has 0 aromatic carbocycles. The molecule has 1 amide bonds. The van der Waals surface area contributed by atoms with Gasteiger partial charge in [0.25, 0.3) is 0 Å². The minimum Gasteiger partial charge on any atom is -0.347 e. The monoisotopic (exact) mass is 266 g/mol. The summed E-state index contributed by atoms with van der Waals surface area (Å²) in [6.07, 6.45) is 1.97. The maximum absolute atomic E-state index is 11.9. The van der Waals surface area contributed by atoms with Crippen molar-refractivity contribution in [1.82, 2.24) is 14.7 Å². The Morgan fingerprint density at radius 2 is 1.79 bits per heavy atom. The maximum atomic E-state index is 11.9. The minimum atomic E-state index is -0.0659. The largest absolute Gasteiger partial charge is 0.347 e. The van der Waals surface area contributed by atoms with Crippen molar-refractivity contribution >= 4 is 5.91 Å². The second-order valence-electron chi connectivity index (χ2n) is 5.41. The van der Waals surface area contributed by atoms with Crippen LogP contribution in [0.4, 0.5) is 0 Å². The summed E-state index contributed by atoms with van der Waals surface area (Å²) in [6.45, 7) is 7.56. The number of piperazine rings is 1. The van der Waals surface area contributed by atoms with Crippen LogP contribution in [0.3, 0.4) is 0 Å². The molecule has 5 nitrogen and oxygen atoms in total. The van der Waals surface area contributed by atoms with Gasteiger partial charge in [-0.05, 0) is 13.3 Å². The summed E-state index contributed by atoms with van der Waals surface area (Å²) in [7, 11) is 3.59. The first-order valence-corrected chi connectivity index (χ1v) is 7.10. The molecule has 1 saturated heterocycles. The molecule has 0 bridgehead atoms. The fourth-order valence-corrected chi connectivity index (χ4v) is 2.57. The van der Waals surface area contributed by atoms with Gasteiger partial charge >= 0.3 is 0 Å². The van der Waals surface area contributed by atoms with Crippen LogP contribution in [0, 0.1) is 11.3 Å². The number of carbonyl (C=O) groups excluding carboxylic acids is 1. The fraction of sp³-hybridized carbons (Fsp3) is 0.857. The second kappa shape index (κ2) is 7.46. The van der Waals surface area contributed by atoms with E-state index in [4.69, 9.17) is 0 Å². The molecule has 0 spiro atoms. The third-order valence-corrected chi connectivity index (χ3v) is 3.85. The lowest BCUT2D eigenvalue weighted by Crippen LogP contribution is -2.55. The van der Waals surface area contributed by atoms with Crippen LogP contribution in [0.25, 0.3) is 0 Å². The van der Waals surface area contributed by atoms with Gasteiger partial charge in [-0.1, -0.05) is 13.3 Å². The molecular formula is C14H26N4O. The van der Waals surface area contributed by atoms with Crippen LogP contribution < -0.4 is 0 Å². The molecule has 0 saturated carbocycles. The molecule has 1 fully saturated rings. The van der Waals surface area contributed by atoms with Crippen molar-refractivity contribution in [1.29, 1.82) is 5.26 Å². The predicted octanol–water partition coefficient (Wildman–Crippen LogP) is 0.773. The van der Waals surface area contributed by atoms with Crippen molar-refractivity contribution in [3.8, 4) is 6.07 Å². The van der Waals surface area contributed by atoms with Gasteiger partial charge in [0.2, 0.25) is 5.91 Å². The Labute approximate surface area is 116 Å². The highest BCUT2D eigenvalue weighted by Crippen LogP contribution is 2.13. The van der Waals surface area contributed by atoms with Crippen LogP contribution in [-0.2, 0) is 4.79 Å². The third kappa shape index (κ3) is 4.19. The number of amides is 1. The van der Waals surface area contributed by atoms with Gasteiger partial charge < -0.3 is 4.90 Å². The summed E-state index contributed by atoms with van der Waals surface area (Å²) in [6, 6.07) is 2.36. The molecule has 1 heterocycles. The number of hydrogen-bond donors (Lipinski definition) is 0. The Balaban J connectivity index is 2.49. The standard InChI is InChI=1S/C14H26N4O/c1-5-6-13(11-15)18-9-7-17(8-10-18)12(2)14(19)16(3)4/h12-13H,5-10H2,1-4H3. The molecule has 2 unspecified atom stereocenters. The van der Waals surface area contributed by atoms with Crippen LogP contribution in [0.5, 0.6) is 0 Å². The number of rotatable bonds is 5. The van der Waals surface area contributed by atoms with Crippen LogP contribution in [0.15, 0.2) is 0 Å². The number of nitriles is 1. The molecule has 108 valence electrons. The molecule has 0 N–H and O–H groups in total. The van der Waals surface area contributed by atoms with Crippen molar-refractivity contribution in [3.63, 3.8) is 0 Å². The molecule has 1 aliphatic heterocycles. The highest BCUT2D eigenvalue weighted by atomic mass is 16.2. The predicted molar refractivity (Wildman–Crippen MR) is 75.6 cm³/mol. The lowest BCUT2D eigenvalue weighted by atomic mass is 10.1. The molecule has 1 rings (SSSR count). The van der Waals surface area contributed by atoms with E-state index in [1.165, 1.54) is 0 Å². The topological polar surface area (TPSA) is 50.6 Å². The lowest BCUT2D eigenvalue weighted by Gasteiger charge is -2.39. The van der Waals surface area contributed by atoms with Crippen LogP contribution in [0.2, 0.25) is 0 Å². The highest BCUT2D eigenvalue weighted by molar-refractivity contribution is 5.80. The Morgan fingerprint density at radius 3 is 2.21 bits per heavy atom. The van der Waals surface area contributed by atoms with Gasteiger partial charge in [0.05, 0.1) is 18.2 Å². The molecule has 1 aliphatic rings. The Bertz CT molecular complexity index is 329. The highest BCUT2D eigenvalue weighted by Gasteiger charge is 2.28. The fourth-order valence-electron chi connectivity index (χ4n) is 2.57. The van der Waals surface area contributed by atoms with Crippen LogP contribution in [0.1, 0.15) is 26.7 Å². The van der Waals surface area contributed by atoms with Crippen molar-refractivity contribution in [2.75, 3.05) is 40.3 Å². The Morgan fingerprint density at radius 1 is 1.26 bits per heavy atom. The van der Waals surface area contributed by atoms with E-state index in [1.807, 2.05) is 6.92 Å². The maximum Gasteiger partial charge on any atom is 0.239 e. The average molecular weight is 266 g/mol. The Kier molecular flexibility index (Phi) is 6.26. The Hall–Kier alpha value is -1.12. The van der Waals surface area contributed by atoms with Crippen molar-refractivity contribution < 1.29 is 4.79 Å². The number of carbonyl (C=O) groups is 1. The molecule has 0 aromatic rings. The first-order valence-electron chi connectivity index (χ1n) is 7.10. The minimum absolute atomic E-state index is 0.0343. The lowest BCUT2D eigenvalue weighted by molar-refractivity contribution is -0.134. The molecular weight excluding hydrogens is 240 g/mol. The number of hydrogen-bond acceptors (Lipinski definition) is 4. The summed E-state index contributed by atoms with van der Waals surface area (Å²) in [5.74, 6) is 0.152. The first kappa shape index (κ1) is 15.9. The van der Waals surface area contributed by atoms with Crippen molar-refractivity contribution in [3.05, 3.63) is 0 Å². The number of nitrogens with zero attached hydrogens (tertiary/aromatic N) is 4. The van der Waals surface area contributed by atoms with E-state index in [0.717, 1.165) is 39.0 Å². The van der Waals surface area contributed by atoms with E-state index in [2.05, 4.69) is 22.8 Å². The normalized spacial score (nSPS) is 20.6. The smallest absolute Gasteiger partial charge is 0.239 e. The van der Waals surface area contributed by atoms with Gasteiger partial charge in [-0.15, -0.1) is 0 Å². The summed E-state index contributed by atoms with van der Waals surface area (Å²) < 4.78 is 0. The number of likely N-dealkylation sites (N-methyl/N-ethyl adjacent to an activating group) is 1. The summed E-state index contributed by atoms with van der Waals surface area (Å²) in [5.41, 5.74) is 0. The molecule has 0 aromatic heterocycles. The molecule has 2 atom stereocenters. The zero-order valence-corrected chi connectivity index (χ0v) is 12.6. The van der Waals surface area contributed by atoms with E-state index in [9.17, 15) is 10.1 Å². The zero-order chi connectivity index (χ0) is 14.4.